The van der Waals surface area contributed by atoms with Crippen LogP contribution < -0.4 is 10.0 Å². The number of amides is 1. The number of fused-ring (bicyclic) bond motifs is 1. The van der Waals surface area contributed by atoms with E-state index in [1.807, 2.05) is 0 Å². The summed E-state index contributed by atoms with van der Waals surface area (Å²) in [5.41, 5.74) is 6.82. The van der Waals surface area contributed by atoms with Crippen molar-refractivity contribution < 1.29 is 22.7 Å². The number of hydrogen-bond donors (Lipinski definition) is 1. The van der Waals surface area contributed by atoms with Crippen molar-refractivity contribution in [1.29, 1.82) is 0 Å². The predicted molar refractivity (Wildman–Crippen MR) is 103 cm³/mol. The van der Waals surface area contributed by atoms with Crippen LogP contribution in [-0.2, 0) is 26.0 Å². The molecule has 2 aromatic carbocycles. The van der Waals surface area contributed by atoms with Crippen molar-refractivity contribution in [3.8, 4) is 0 Å². The molecule has 0 aromatic heterocycles. The summed E-state index contributed by atoms with van der Waals surface area (Å²) in [6.07, 6.45) is 0.212. The molecule has 1 atom stereocenters. The van der Waals surface area contributed by atoms with E-state index in [1.54, 1.807) is 31.2 Å². The normalized spacial score (nSPS) is 16.1. The minimum atomic E-state index is -4.10. The molecule has 1 heterocycles. The van der Waals surface area contributed by atoms with E-state index >= 15 is 0 Å². The van der Waals surface area contributed by atoms with Gasteiger partial charge in [-0.3, -0.25) is 9.10 Å². The molecule has 2 aromatic rings. The largest absolute Gasteiger partial charge is 0.462 e. The van der Waals surface area contributed by atoms with Crippen LogP contribution in [-0.4, -0.2) is 32.9 Å². The quantitative estimate of drug-likeness (QED) is 0.699. The number of carbonyl (C=O) groups excluding carboxylic acids is 2. The number of benzene rings is 2. The van der Waals surface area contributed by atoms with Crippen LogP contribution in [0, 0.1) is 0 Å². The van der Waals surface area contributed by atoms with Crippen LogP contribution in [0.4, 0.5) is 5.69 Å². The van der Waals surface area contributed by atoms with Gasteiger partial charge in [0.25, 0.3) is 10.0 Å². The Bertz CT molecular complexity index is 1020. The first kappa shape index (κ1) is 19.4. The Balaban J connectivity index is 2.08. The van der Waals surface area contributed by atoms with Crippen molar-refractivity contribution in [1.82, 2.24) is 0 Å². The molecule has 0 saturated carbocycles. The van der Waals surface area contributed by atoms with E-state index in [1.165, 1.54) is 18.2 Å². The Hall–Kier alpha value is -2.39. The average Bonchev–Trinajstić information content (AvgIpc) is 3.02. The lowest BCUT2D eigenvalue weighted by Gasteiger charge is -2.25. The lowest BCUT2D eigenvalue weighted by atomic mass is 10.1. The van der Waals surface area contributed by atoms with Gasteiger partial charge in [0.05, 0.1) is 17.9 Å². The number of sulfonamides is 1. The monoisotopic (exact) mass is 452 g/mol. The van der Waals surface area contributed by atoms with Crippen LogP contribution in [0.5, 0.6) is 0 Å². The summed E-state index contributed by atoms with van der Waals surface area (Å²) in [6.45, 7) is 1.89. The Morgan fingerprint density at radius 3 is 2.59 bits per heavy atom. The number of carbonyl (C=O) groups is 2. The van der Waals surface area contributed by atoms with E-state index in [0.717, 1.165) is 9.87 Å². The summed E-state index contributed by atoms with van der Waals surface area (Å²) in [6, 6.07) is 9.93. The summed E-state index contributed by atoms with van der Waals surface area (Å²) in [4.78, 5) is 23.7. The van der Waals surface area contributed by atoms with Crippen molar-refractivity contribution in [3.05, 3.63) is 58.1 Å². The summed E-state index contributed by atoms with van der Waals surface area (Å²) in [5.74, 6) is -1.28. The molecule has 3 rings (SSSR count). The number of esters is 1. The zero-order valence-corrected chi connectivity index (χ0v) is 16.8. The topological polar surface area (TPSA) is 107 Å². The third-order valence-corrected chi connectivity index (χ3v) is 7.03. The molecule has 1 amide bonds. The summed E-state index contributed by atoms with van der Waals surface area (Å²) >= 11 is 3.22. The minimum absolute atomic E-state index is 0.0708. The third-order valence-electron chi connectivity index (χ3n) is 4.23. The number of ether oxygens (including phenoxy) is 1. The molecule has 27 heavy (non-hydrogen) atoms. The van der Waals surface area contributed by atoms with E-state index < -0.39 is 27.9 Å². The number of nitrogens with two attached hydrogens (primary N) is 1. The minimum Gasteiger partial charge on any atom is -0.462 e. The van der Waals surface area contributed by atoms with Crippen LogP contribution in [0.25, 0.3) is 0 Å². The molecule has 1 aliphatic rings. The molecule has 9 heteroatoms. The Morgan fingerprint density at radius 1 is 1.26 bits per heavy atom. The third kappa shape index (κ3) is 3.44. The zero-order valence-electron chi connectivity index (χ0n) is 14.4. The second-order valence-corrected chi connectivity index (χ2v) is 8.56. The van der Waals surface area contributed by atoms with Crippen molar-refractivity contribution >= 4 is 43.5 Å². The predicted octanol–water partition coefficient (Wildman–Crippen LogP) is 2.23. The summed E-state index contributed by atoms with van der Waals surface area (Å²) in [5, 5.41) is 0. The number of para-hydroxylation sites is 1. The van der Waals surface area contributed by atoms with Gasteiger partial charge >= 0.3 is 5.97 Å². The van der Waals surface area contributed by atoms with Crippen molar-refractivity contribution in [2.45, 2.75) is 24.3 Å². The van der Waals surface area contributed by atoms with Crippen LogP contribution in [0.1, 0.15) is 22.8 Å². The van der Waals surface area contributed by atoms with Crippen LogP contribution in [0.3, 0.4) is 0 Å². The molecule has 2 N–H and O–H groups in total. The van der Waals surface area contributed by atoms with Gasteiger partial charge in [-0.1, -0.05) is 18.2 Å². The highest BCUT2D eigenvalue weighted by Crippen LogP contribution is 2.38. The van der Waals surface area contributed by atoms with Gasteiger partial charge in [-0.2, -0.15) is 0 Å². The molecule has 1 aliphatic heterocycles. The highest BCUT2D eigenvalue weighted by molar-refractivity contribution is 9.10. The number of hydrogen-bond acceptors (Lipinski definition) is 5. The Labute approximate surface area is 165 Å². The summed E-state index contributed by atoms with van der Waals surface area (Å²) < 4.78 is 32.8. The zero-order chi connectivity index (χ0) is 19.8. The standard InChI is InChI=1S/C18H17BrN2O5S/c1-2-26-18(23)12-7-8-16(13(19)9-12)27(24,25)21-14-6-4-3-5-11(14)10-15(21)17(20)22/h3-9,15H,2,10H2,1H3,(H2,20,22)/t15-/m0/s1. The molecule has 0 aliphatic carbocycles. The van der Waals surface area contributed by atoms with Gasteiger partial charge in [-0.05, 0) is 52.7 Å². The van der Waals surface area contributed by atoms with Crippen molar-refractivity contribution in [2.24, 2.45) is 5.73 Å². The van der Waals surface area contributed by atoms with Gasteiger partial charge in [0.1, 0.15) is 10.9 Å². The Kier molecular flexibility index (Phi) is 5.25. The molecule has 0 radical (unpaired) electrons. The maximum absolute atomic E-state index is 13.3. The summed E-state index contributed by atoms with van der Waals surface area (Å²) in [7, 11) is -4.10. The maximum atomic E-state index is 13.3. The first-order chi connectivity index (χ1) is 12.8. The molecule has 0 unspecified atom stereocenters. The van der Waals surface area contributed by atoms with E-state index in [9.17, 15) is 18.0 Å². The Morgan fingerprint density at radius 2 is 1.96 bits per heavy atom. The fraction of sp³-hybridized carbons (Fsp3) is 0.222. The lowest BCUT2D eigenvalue weighted by Crippen LogP contribution is -2.46. The van der Waals surface area contributed by atoms with E-state index in [-0.39, 0.29) is 28.0 Å². The molecule has 0 bridgehead atoms. The van der Waals surface area contributed by atoms with E-state index in [0.29, 0.717) is 5.69 Å². The number of nitrogens with zero attached hydrogens (tertiary/aromatic N) is 1. The first-order valence-corrected chi connectivity index (χ1v) is 10.4. The van der Waals surface area contributed by atoms with Gasteiger partial charge in [-0.15, -0.1) is 0 Å². The van der Waals surface area contributed by atoms with Crippen molar-refractivity contribution in [3.63, 3.8) is 0 Å². The van der Waals surface area contributed by atoms with Crippen LogP contribution >= 0.6 is 15.9 Å². The second-order valence-electron chi connectivity index (χ2n) is 5.92. The fourth-order valence-corrected chi connectivity index (χ4v) is 5.73. The van der Waals surface area contributed by atoms with E-state index in [2.05, 4.69) is 15.9 Å². The van der Waals surface area contributed by atoms with Gasteiger partial charge < -0.3 is 10.5 Å². The number of rotatable bonds is 5. The lowest BCUT2D eigenvalue weighted by molar-refractivity contribution is -0.118. The number of halogens is 1. The van der Waals surface area contributed by atoms with Crippen LogP contribution in [0.2, 0.25) is 0 Å². The highest BCUT2D eigenvalue weighted by atomic mass is 79.9. The SMILES string of the molecule is CCOC(=O)c1ccc(S(=O)(=O)N2c3ccccc3C[C@H]2C(N)=O)c(Br)c1. The molecule has 7 nitrogen and oxygen atoms in total. The first-order valence-electron chi connectivity index (χ1n) is 8.15. The molecule has 142 valence electrons. The highest BCUT2D eigenvalue weighted by Gasteiger charge is 2.42. The number of primary amides is 1. The average molecular weight is 453 g/mol. The van der Waals surface area contributed by atoms with E-state index in [4.69, 9.17) is 10.5 Å². The smallest absolute Gasteiger partial charge is 0.338 e. The fourth-order valence-electron chi connectivity index (χ4n) is 3.03. The molecule has 0 saturated heterocycles. The van der Waals surface area contributed by atoms with Gasteiger partial charge in [0.2, 0.25) is 5.91 Å². The van der Waals surface area contributed by atoms with Gasteiger partial charge in [0, 0.05) is 10.9 Å². The van der Waals surface area contributed by atoms with Crippen LogP contribution in [0.15, 0.2) is 51.8 Å². The van der Waals surface area contributed by atoms with Crippen molar-refractivity contribution in [2.75, 3.05) is 10.9 Å². The molecule has 0 fully saturated rings. The molecular formula is C18H17BrN2O5S. The number of anilines is 1. The van der Waals surface area contributed by atoms with Gasteiger partial charge in [0.15, 0.2) is 0 Å². The second kappa shape index (κ2) is 7.32. The van der Waals surface area contributed by atoms with Gasteiger partial charge in [-0.25, -0.2) is 13.2 Å². The maximum Gasteiger partial charge on any atom is 0.338 e. The molecule has 0 spiro atoms. The molecular weight excluding hydrogens is 436 g/mol.